The van der Waals surface area contributed by atoms with E-state index in [4.69, 9.17) is 10.5 Å². The molecule has 0 aromatic heterocycles. The number of nitrogens with one attached hydrogen (secondary N) is 1. The summed E-state index contributed by atoms with van der Waals surface area (Å²) in [6.45, 7) is 1.52. The molecule has 0 unspecified atom stereocenters. The van der Waals surface area contributed by atoms with E-state index in [1.54, 1.807) is 0 Å². The highest BCUT2D eigenvalue weighted by Gasteiger charge is 2.24. The van der Waals surface area contributed by atoms with Gasteiger partial charge in [0, 0.05) is 25.4 Å². The third-order valence-corrected chi connectivity index (χ3v) is 6.56. The molecule has 1 saturated carbocycles. The average molecular weight is 436 g/mol. The number of rotatable bonds is 8. The molecule has 0 bridgehead atoms. The van der Waals surface area contributed by atoms with Crippen LogP contribution in [0.3, 0.4) is 0 Å². The molecule has 0 radical (unpaired) electrons. The zero-order valence-corrected chi connectivity index (χ0v) is 18.6. The van der Waals surface area contributed by atoms with Crippen LogP contribution in [-0.2, 0) is 16.0 Å². The van der Waals surface area contributed by atoms with E-state index in [2.05, 4.69) is 16.3 Å². The van der Waals surface area contributed by atoms with Crippen LogP contribution in [0, 0.1) is 5.92 Å². The normalized spacial score (nSPS) is 17.3. The van der Waals surface area contributed by atoms with Gasteiger partial charge in [-0.2, -0.15) is 0 Å². The third-order valence-electron chi connectivity index (χ3n) is 6.56. The van der Waals surface area contributed by atoms with E-state index in [9.17, 15) is 9.59 Å². The molecular formula is C26H33N3O3. The number of primary amides is 1. The lowest BCUT2D eigenvalue weighted by atomic mass is 9.96. The van der Waals surface area contributed by atoms with Crippen molar-refractivity contribution in [2.45, 2.75) is 57.5 Å². The number of carbonyl (C=O) groups excluding carboxylic acids is 2. The second kappa shape index (κ2) is 10.5. The number of ether oxygens (including phenoxy) is 1. The number of benzene rings is 2. The smallest absolute Gasteiger partial charge is 0.224 e. The highest BCUT2D eigenvalue weighted by atomic mass is 16.5. The van der Waals surface area contributed by atoms with E-state index < -0.39 is 0 Å². The lowest BCUT2D eigenvalue weighted by molar-refractivity contribution is -0.122. The Morgan fingerprint density at radius 2 is 1.75 bits per heavy atom. The van der Waals surface area contributed by atoms with Crippen molar-refractivity contribution < 1.29 is 14.3 Å². The van der Waals surface area contributed by atoms with Crippen LogP contribution >= 0.6 is 0 Å². The predicted molar refractivity (Wildman–Crippen MR) is 127 cm³/mol. The van der Waals surface area contributed by atoms with Gasteiger partial charge < -0.3 is 20.7 Å². The first-order valence-corrected chi connectivity index (χ1v) is 11.8. The van der Waals surface area contributed by atoms with Crippen LogP contribution in [0.2, 0.25) is 0 Å². The summed E-state index contributed by atoms with van der Waals surface area (Å²) >= 11 is 0. The lowest BCUT2D eigenvalue weighted by Gasteiger charge is -2.33. The molecule has 0 atom stereocenters. The average Bonchev–Trinajstić information content (AvgIpc) is 3.31. The molecule has 170 valence electrons. The molecule has 32 heavy (non-hydrogen) atoms. The standard InChI is InChI=1S/C26H33N3O3/c27-26(31)20-14-16-29(17-15-20)24-11-4-3-10-23(24)28-25(30)13-12-19-6-5-9-22(18-19)32-21-7-1-2-8-21/h3-6,9-11,18,20-21H,1-2,7-8,12-17H2,(H2,27,31)(H,28,30). The maximum absolute atomic E-state index is 12.7. The molecule has 0 spiro atoms. The first-order valence-electron chi connectivity index (χ1n) is 11.8. The van der Waals surface area contributed by atoms with Gasteiger partial charge in [-0.3, -0.25) is 9.59 Å². The van der Waals surface area contributed by atoms with Crippen LogP contribution in [-0.4, -0.2) is 31.0 Å². The Balaban J connectivity index is 1.31. The number of nitrogens with two attached hydrogens (primary N) is 1. The Hall–Kier alpha value is -3.02. The van der Waals surface area contributed by atoms with Crippen molar-refractivity contribution in [2.24, 2.45) is 11.7 Å². The Morgan fingerprint density at radius 3 is 2.50 bits per heavy atom. The number of nitrogens with zero attached hydrogens (tertiary/aromatic N) is 1. The molecule has 2 aliphatic rings. The number of hydrogen-bond donors (Lipinski definition) is 2. The van der Waals surface area contributed by atoms with Crippen molar-refractivity contribution in [1.82, 2.24) is 0 Å². The molecule has 2 fully saturated rings. The van der Waals surface area contributed by atoms with Crippen molar-refractivity contribution in [2.75, 3.05) is 23.3 Å². The van der Waals surface area contributed by atoms with E-state index in [1.165, 1.54) is 12.8 Å². The minimum atomic E-state index is -0.219. The quantitative estimate of drug-likeness (QED) is 0.648. The number of anilines is 2. The monoisotopic (exact) mass is 435 g/mol. The van der Waals surface area contributed by atoms with Crippen LogP contribution in [0.1, 0.15) is 50.5 Å². The first-order chi connectivity index (χ1) is 15.6. The molecule has 2 amide bonds. The highest BCUT2D eigenvalue weighted by molar-refractivity contribution is 5.94. The van der Waals surface area contributed by atoms with Crippen LogP contribution in [0.5, 0.6) is 5.75 Å². The lowest BCUT2D eigenvalue weighted by Crippen LogP contribution is -2.38. The summed E-state index contributed by atoms with van der Waals surface area (Å²) in [5, 5.41) is 3.08. The number of hydrogen-bond acceptors (Lipinski definition) is 4. The van der Waals surface area contributed by atoms with Gasteiger partial charge in [-0.1, -0.05) is 24.3 Å². The molecule has 2 aromatic carbocycles. The minimum absolute atomic E-state index is 0.00779. The van der Waals surface area contributed by atoms with Crippen LogP contribution in [0.4, 0.5) is 11.4 Å². The summed E-state index contributed by atoms with van der Waals surface area (Å²) in [5.41, 5.74) is 8.37. The molecule has 6 heteroatoms. The largest absolute Gasteiger partial charge is 0.490 e. The second-order valence-corrected chi connectivity index (χ2v) is 8.90. The van der Waals surface area contributed by atoms with Gasteiger partial charge in [0.25, 0.3) is 0 Å². The van der Waals surface area contributed by atoms with Crippen LogP contribution < -0.4 is 20.7 Å². The van der Waals surface area contributed by atoms with Gasteiger partial charge in [-0.25, -0.2) is 0 Å². The molecule has 1 heterocycles. The van der Waals surface area contributed by atoms with Gasteiger partial charge in [0.2, 0.25) is 11.8 Å². The third kappa shape index (κ3) is 5.81. The summed E-state index contributed by atoms with van der Waals surface area (Å²) in [5.74, 6) is 0.622. The topological polar surface area (TPSA) is 84.7 Å². The minimum Gasteiger partial charge on any atom is -0.490 e. The molecule has 1 aliphatic carbocycles. The Kier molecular flexibility index (Phi) is 7.30. The Morgan fingerprint density at radius 1 is 1.00 bits per heavy atom. The maximum atomic E-state index is 12.7. The summed E-state index contributed by atoms with van der Waals surface area (Å²) in [4.78, 5) is 26.4. The number of amides is 2. The number of para-hydroxylation sites is 2. The van der Waals surface area contributed by atoms with Crippen molar-refractivity contribution in [3.05, 3.63) is 54.1 Å². The summed E-state index contributed by atoms with van der Waals surface area (Å²) in [6.07, 6.45) is 7.65. The van der Waals surface area contributed by atoms with Crippen molar-refractivity contribution in [3.8, 4) is 5.75 Å². The van der Waals surface area contributed by atoms with Crippen LogP contribution in [0.15, 0.2) is 48.5 Å². The molecule has 4 rings (SSSR count). The number of carbonyl (C=O) groups is 2. The van der Waals surface area contributed by atoms with Gasteiger partial charge >= 0.3 is 0 Å². The maximum Gasteiger partial charge on any atom is 0.224 e. The Bertz CT molecular complexity index is 931. The highest BCUT2D eigenvalue weighted by Crippen LogP contribution is 2.30. The fraction of sp³-hybridized carbons (Fsp3) is 0.462. The second-order valence-electron chi connectivity index (χ2n) is 8.90. The Labute approximate surface area is 190 Å². The fourth-order valence-corrected chi connectivity index (χ4v) is 4.70. The molecule has 2 aromatic rings. The van der Waals surface area contributed by atoms with E-state index in [1.807, 2.05) is 42.5 Å². The number of piperidine rings is 1. The molecule has 3 N–H and O–H groups in total. The zero-order valence-electron chi connectivity index (χ0n) is 18.6. The summed E-state index contributed by atoms with van der Waals surface area (Å²) in [6, 6.07) is 16.0. The van der Waals surface area contributed by atoms with E-state index in [0.29, 0.717) is 18.9 Å². The van der Waals surface area contributed by atoms with E-state index >= 15 is 0 Å². The molecule has 6 nitrogen and oxygen atoms in total. The van der Waals surface area contributed by atoms with Crippen molar-refractivity contribution in [1.29, 1.82) is 0 Å². The van der Waals surface area contributed by atoms with Crippen LogP contribution in [0.25, 0.3) is 0 Å². The van der Waals surface area contributed by atoms with Crippen molar-refractivity contribution >= 4 is 23.2 Å². The SMILES string of the molecule is NC(=O)C1CCN(c2ccccc2NC(=O)CCc2cccc(OC3CCCC3)c2)CC1. The fourth-order valence-electron chi connectivity index (χ4n) is 4.70. The van der Waals surface area contributed by atoms with Gasteiger partial charge in [-0.15, -0.1) is 0 Å². The predicted octanol–water partition coefficient (Wildman–Crippen LogP) is 4.28. The molecule has 1 aliphatic heterocycles. The van der Waals surface area contributed by atoms with Crippen molar-refractivity contribution in [3.63, 3.8) is 0 Å². The first kappa shape index (κ1) is 22.2. The summed E-state index contributed by atoms with van der Waals surface area (Å²) in [7, 11) is 0. The summed E-state index contributed by atoms with van der Waals surface area (Å²) < 4.78 is 6.09. The van der Waals surface area contributed by atoms with E-state index in [-0.39, 0.29) is 17.7 Å². The number of aryl methyl sites for hydroxylation is 1. The molecule has 1 saturated heterocycles. The molecular weight excluding hydrogens is 402 g/mol. The van der Waals surface area contributed by atoms with Gasteiger partial charge in [-0.05, 0) is 74.8 Å². The van der Waals surface area contributed by atoms with Gasteiger partial charge in [0.05, 0.1) is 17.5 Å². The van der Waals surface area contributed by atoms with Gasteiger partial charge in [0.1, 0.15) is 5.75 Å². The zero-order chi connectivity index (χ0) is 22.3. The van der Waals surface area contributed by atoms with E-state index in [0.717, 1.165) is 61.5 Å². The van der Waals surface area contributed by atoms with Gasteiger partial charge in [0.15, 0.2) is 0 Å².